The molecule has 3 aromatic rings. The Hall–Kier alpha value is -3.48. The van der Waals surface area contributed by atoms with Crippen molar-refractivity contribution in [1.82, 2.24) is 4.98 Å². The predicted octanol–water partition coefficient (Wildman–Crippen LogP) is 3.94. The summed E-state index contributed by atoms with van der Waals surface area (Å²) in [5, 5.41) is 3.39. The van der Waals surface area contributed by atoms with Crippen LogP contribution >= 0.6 is 0 Å². The maximum absolute atomic E-state index is 12.6. The van der Waals surface area contributed by atoms with Gasteiger partial charge in [-0.15, -0.1) is 0 Å². The lowest BCUT2D eigenvalue weighted by Crippen LogP contribution is -2.23. The molecule has 0 radical (unpaired) electrons. The Morgan fingerprint density at radius 3 is 2.59 bits per heavy atom. The first-order valence-electron chi connectivity index (χ1n) is 9.57. The lowest BCUT2D eigenvalue weighted by molar-refractivity contribution is 0.102. The van der Waals surface area contributed by atoms with E-state index in [1.54, 1.807) is 49.6 Å². The van der Waals surface area contributed by atoms with Gasteiger partial charge < -0.3 is 25.5 Å². The fraction of sp³-hybridized carbons (Fsp3) is 0.273. The van der Waals surface area contributed by atoms with Crippen molar-refractivity contribution >= 4 is 28.2 Å². The number of aromatic amines is 1. The number of methoxy groups -OCH3 is 1. The third kappa shape index (κ3) is 4.68. The number of ether oxygens (including phenoxy) is 2. The number of H-pyrrole nitrogens is 1. The Bertz CT molecular complexity index is 1060. The fourth-order valence-corrected chi connectivity index (χ4v) is 2.99. The molecule has 0 aliphatic heterocycles. The van der Waals surface area contributed by atoms with E-state index < -0.39 is 11.5 Å². The monoisotopic (exact) mass is 395 g/mol. The number of fused-ring (bicyclic) bond motifs is 1. The molecule has 29 heavy (non-hydrogen) atoms. The van der Waals surface area contributed by atoms with Gasteiger partial charge in [-0.1, -0.05) is 19.8 Å². The Kier molecular flexibility index (Phi) is 6.39. The Labute approximate surface area is 168 Å². The van der Waals surface area contributed by atoms with Gasteiger partial charge in [0.1, 0.15) is 5.56 Å². The van der Waals surface area contributed by atoms with Crippen LogP contribution in [0.25, 0.3) is 10.9 Å². The third-order valence-corrected chi connectivity index (χ3v) is 4.56. The third-order valence-electron chi connectivity index (χ3n) is 4.56. The van der Waals surface area contributed by atoms with Crippen molar-refractivity contribution in [3.05, 3.63) is 58.4 Å². The number of anilines is 2. The van der Waals surface area contributed by atoms with Crippen molar-refractivity contribution in [1.29, 1.82) is 0 Å². The molecule has 0 aliphatic rings. The number of hydrogen-bond donors (Lipinski definition) is 3. The van der Waals surface area contributed by atoms with Crippen molar-refractivity contribution in [2.75, 3.05) is 24.8 Å². The predicted molar refractivity (Wildman–Crippen MR) is 115 cm³/mol. The SMILES string of the molecule is CCCCCOc1c(OC)ccc2cc(C(=O)Nc3ccc(N)cc3)c(=O)[nH]c12. The Balaban J connectivity index is 1.93. The smallest absolute Gasteiger partial charge is 0.261 e. The van der Waals surface area contributed by atoms with E-state index in [1.165, 1.54) is 0 Å². The summed E-state index contributed by atoms with van der Waals surface area (Å²) in [6.45, 7) is 2.64. The Morgan fingerprint density at radius 1 is 1.14 bits per heavy atom. The summed E-state index contributed by atoms with van der Waals surface area (Å²) in [6, 6.07) is 11.8. The number of unbranched alkanes of at least 4 members (excludes halogenated alkanes) is 2. The first-order valence-corrected chi connectivity index (χ1v) is 9.57. The van der Waals surface area contributed by atoms with Crippen LogP contribution in [-0.2, 0) is 0 Å². The molecule has 1 aromatic heterocycles. The second-order valence-electron chi connectivity index (χ2n) is 6.71. The number of nitrogens with one attached hydrogen (secondary N) is 2. The highest BCUT2D eigenvalue weighted by molar-refractivity contribution is 6.06. The van der Waals surface area contributed by atoms with Crippen molar-refractivity contribution in [3.8, 4) is 11.5 Å². The van der Waals surface area contributed by atoms with E-state index in [2.05, 4.69) is 17.2 Å². The highest BCUT2D eigenvalue weighted by atomic mass is 16.5. The average Bonchev–Trinajstić information content (AvgIpc) is 2.72. The number of pyridine rings is 1. The van der Waals surface area contributed by atoms with Crippen molar-refractivity contribution in [2.24, 2.45) is 0 Å². The summed E-state index contributed by atoms with van der Waals surface area (Å²) in [4.78, 5) is 28.0. The summed E-state index contributed by atoms with van der Waals surface area (Å²) in [7, 11) is 1.55. The minimum Gasteiger partial charge on any atom is -0.493 e. The summed E-state index contributed by atoms with van der Waals surface area (Å²) in [5.41, 5.74) is 6.82. The molecule has 3 rings (SSSR count). The van der Waals surface area contributed by atoms with Gasteiger partial charge in [-0.3, -0.25) is 9.59 Å². The van der Waals surface area contributed by atoms with Crippen molar-refractivity contribution < 1.29 is 14.3 Å². The van der Waals surface area contributed by atoms with Crippen molar-refractivity contribution in [2.45, 2.75) is 26.2 Å². The molecule has 0 saturated heterocycles. The topological polar surface area (TPSA) is 106 Å². The maximum atomic E-state index is 12.6. The molecule has 0 saturated carbocycles. The summed E-state index contributed by atoms with van der Waals surface area (Å²) in [5.74, 6) is 0.506. The van der Waals surface area contributed by atoms with Crippen LogP contribution in [0.15, 0.2) is 47.3 Å². The van der Waals surface area contributed by atoms with E-state index in [9.17, 15) is 9.59 Å². The first-order chi connectivity index (χ1) is 14.0. The molecule has 0 bridgehead atoms. The van der Waals surface area contributed by atoms with E-state index >= 15 is 0 Å². The number of amides is 1. The zero-order valence-electron chi connectivity index (χ0n) is 16.6. The normalized spacial score (nSPS) is 10.7. The summed E-state index contributed by atoms with van der Waals surface area (Å²) < 4.78 is 11.3. The number of carbonyl (C=O) groups excluding carboxylic acids is 1. The van der Waals surface area contributed by atoms with E-state index in [1.807, 2.05) is 0 Å². The molecule has 4 N–H and O–H groups in total. The molecule has 1 amide bonds. The number of rotatable bonds is 8. The standard InChI is InChI=1S/C22H25N3O4/c1-3-4-5-12-29-20-18(28-2)11-6-14-13-17(22(27)25-19(14)20)21(26)24-16-9-7-15(23)8-10-16/h6-11,13H,3-5,12,23H2,1-2H3,(H,24,26)(H,25,27). The van der Waals surface area contributed by atoms with Crippen molar-refractivity contribution in [3.63, 3.8) is 0 Å². The van der Waals surface area contributed by atoms with Crippen LogP contribution in [0.4, 0.5) is 11.4 Å². The highest BCUT2D eigenvalue weighted by Crippen LogP contribution is 2.34. The summed E-state index contributed by atoms with van der Waals surface area (Å²) >= 11 is 0. The molecule has 0 spiro atoms. The van der Waals surface area contributed by atoms with Gasteiger partial charge in [0.25, 0.3) is 11.5 Å². The van der Waals surface area contributed by atoms with Crippen LogP contribution in [0.2, 0.25) is 0 Å². The minimum atomic E-state index is -0.503. The summed E-state index contributed by atoms with van der Waals surface area (Å²) in [6.07, 6.45) is 3.04. The average molecular weight is 395 g/mol. The van der Waals surface area contributed by atoms with Crippen LogP contribution in [0.1, 0.15) is 36.5 Å². The lowest BCUT2D eigenvalue weighted by atomic mass is 10.1. The fourth-order valence-electron chi connectivity index (χ4n) is 2.99. The molecule has 7 heteroatoms. The zero-order valence-corrected chi connectivity index (χ0v) is 16.6. The minimum absolute atomic E-state index is 0.0106. The van der Waals surface area contributed by atoms with Gasteiger partial charge in [-0.25, -0.2) is 0 Å². The van der Waals surface area contributed by atoms with E-state index in [4.69, 9.17) is 15.2 Å². The molecular weight excluding hydrogens is 370 g/mol. The molecule has 2 aromatic carbocycles. The van der Waals surface area contributed by atoms with Crippen LogP contribution in [-0.4, -0.2) is 24.6 Å². The lowest BCUT2D eigenvalue weighted by Gasteiger charge is -2.14. The van der Waals surface area contributed by atoms with Gasteiger partial charge in [0, 0.05) is 16.8 Å². The number of aromatic nitrogens is 1. The second-order valence-corrected chi connectivity index (χ2v) is 6.71. The number of nitrogen functional groups attached to an aromatic ring is 1. The number of nitrogens with two attached hydrogens (primary N) is 1. The molecule has 0 fully saturated rings. The molecule has 0 aliphatic carbocycles. The Morgan fingerprint density at radius 2 is 1.90 bits per heavy atom. The van der Waals surface area contributed by atoms with Gasteiger partial charge in [0.05, 0.1) is 19.2 Å². The molecule has 1 heterocycles. The largest absolute Gasteiger partial charge is 0.493 e. The number of hydrogen-bond acceptors (Lipinski definition) is 5. The van der Waals surface area contributed by atoms with Gasteiger partial charge in [-0.2, -0.15) is 0 Å². The number of carbonyl (C=O) groups is 1. The zero-order chi connectivity index (χ0) is 20.8. The van der Waals surface area contributed by atoms with E-state index in [0.717, 1.165) is 19.3 Å². The second kappa shape index (κ2) is 9.14. The van der Waals surface area contributed by atoms with Crippen LogP contribution < -0.4 is 26.1 Å². The highest BCUT2D eigenvalue weighted by Gasteiger charge is 2.16. The maximum Gasteiger partial charge on any atom is 0.261 e. The quantitative estimate of drug-likeness (QED) is 0.396. The molecule has 0 unspecified atom stereocenters. The molecular formula is C22H25N3O4. The number of benzene rings is 2. The first kappa shape index (κ1) is 20.3. The van der Waals surface area contributed by atoms with Crippen LogP contribution in [0.5, 0.6) is 11.5 Å². The van der Waals surface area contributed by atoms with Gasteiger partial charge in [0.2, 0.25) is 0 Å². The molecule has 7 nitrogen and oxygen atoms in total. The van der Waals surface area contributed by atoms with Gasteiger partial charge >= 0.3 is 0 Å². The van der Waals surface area contributed by atoms with Gasteiger partial charge in [0.15, 0.2) is 11.5 Å². The van der Waals surface area contributed by atoms with E-state index in [-0.39, 0.29) is 5.56 Å². The van der Waals surface area contributed by atoms with Crippen LogP contribution in [0.3, 0.4) is 0 Å². The van der Waals surface area contributed by atoms with E-state index in [0.29, 0.717) is 40.4 Å². The van der Waals surface area contributed by atoms with Crippen LogP contribution in [0, 0.1) is 0 Å². The molecule has 152 valence electrons. The van der Waals surface area contributed by atoms with Gasteiger partial charge in [-0.05, 0) is 48.9 Å². The molecule has 0 atom stereocenters.